The zero-order chi connectivity index (χ0) is 29.1. The highest BCUT2D eigenvalue weighted by molar-refractivity contribution is 6.34. The number of nitrogens with zero attached hydrogens (tertiary/aromatic N) is 3. The van der Waals surface area contributed by atoms with Gasteiger partial charge in [-0.05, 0) is 63.1 Å². The third-order valence-electron chi connectivity index (χ3n) is 5.08. The molecule has 3 rings (SSSR count). The van der Waals surface area contributed by atoms with E-state index in [1.165, 1.54) is 17.0 Å². The lowest BCUT2D eigenvalue weighted by Gasteiger charge is -2.37. The van der Waals surface area contributed by atoms with Gasteiger partial charge < -0.3 is 15.1 Å². The summed E-state index contributed by atoms with van der Waals surface area (Å²) in [4.78, 5) is 13.8. The largest absolute Gasteiger partial charge is 0.368 e. The molecule has 1 N–H and O–H groups in total. The molecule has 1 saturated carbocycles. The van der Waals surface area contributed by atoms with Crippen molar-refractivity contribution in [1.82, 2.24) is 15.1 Å². The summed E-state index contributed by atoms with van der Waals surface area (Å²) < 4.78 is 86.9. The average Bonchev–Trinajstić information content (AvgIpc) is 2.76. The third-order valence-corrected chi connectivity index (χ3v) is 5.57. The standard InChI is InChI=1S/C22H35ClN4O/c1-17-5-4-6-20(21(17)23)27-15-13-26(14-16-27)12-11-18-7-9-19(10-8-18)24-22(28)25(2)3/h4-6,18-19H,7-16H2,1-3H3,(H,24,28)/t18-,19-/i12D2,13D2,14D2,15D2,16D2. The van der Waals surface area contributed by atoms with Gasteiger partial charge in [-0.2, -0.15) is 0 Å². The van der Waals surface area contributed by atoms with Gasteiger partial charge in [-0.25, -0.2) is 4.79 Å². The van der Waals surface area contributed by atoms with Gasteiger partial charge in [0.15, 0.2) is 0 Å². The van der Waals surface area contributed by atoms with Gasteiger partial charge in [-0.15, -0.1) is 0 Å². The van der Waals surface area contributed by atoms with E-state index in [2.05, 4.69) is 5.32 Å². The fraction of sp³-hybridized carbons (Fsp3) is 0.682. The van der Waals surface area contributed by atoms with Gasteiger partial charge in [0.25, 0.3) is 0 Å². The minimum absolute atomic E-state index is 0.0542. The number of carbonyl (C=O) groups is 1. The van der Waals surface area contributed by atoms with Crippen molar-refractivity contribution in [2.75, 3.05) is 51.5 Å². The summed E-state index contributed by atoms with van der Waals surface area (Å²) in [6, 6.07) is 4.04. The number of nitrogens with one attached hydrogen (secondary N) is 1. The van der Waals surface area contributed by atoms with E-state index in [9.17, 15) is 4.79 Å². The lowest BCUT2D eigenvalue weighted by molar-refractivity contribution is 0.194. The molecule has 2 aliphatic rings. The molecule has 1 aliphatic heterocycles. The Morgan fingerprint density at radius 2 is 1.93 bits per heavy atom. The normalized spacial score (nSPS) is 36.5. The molecule has 2 amide bonds. The van der Waals surface area contributed by atoms with Crippen molar-refractivity contribution in [3.05, 3.63) is 28.8 Å². The Hall–Kier alpha value is -1.46. The molecule has 156 valence electrons. The van der Waals surface area contributed by atoms with Crippen molar-refractivity contribution in [1.29, 1.82) is 0 Å². The Kier molecular flexibility index (Phi) is 4.10. The van der Waals surface area contributed by atoms with E-state index < -0.39 is 32.5 Å². The van der Waals surface area contributed by atoms with E-state index in [4.69, 9.17) is 25.3 Å². The summed E-state index contributed by atoms with van der Waals surface area (Å²) >= 11 is 6.35. The van der Waals surface area contributed by atoms with Gasteiger partial charge in [-0.3, -0.25) is 4.90 Å². The summed E-state index contributed by atoms with van der Waals surface area (Å²) in [7, 11) is 3.25. The quantitative estimate of drug-likeness (QED) is 0.788. The number of amides is 2. The summed E-state index contributed by atoms with van der Waals surface area (Å²) in [5, 5.41) is 2.83. The second kappa shape index (κ2) is 9.84. The Morgan fingerprint density at radius 3 is 2.57 bits per heavy atom. The van der Waals surface area contributed by atoms with Gasteiger partial charge >= 0.3 is 6.03 Å². The molecule has 1 heterocycles. The molecule has 1 aliphatic carbocycles. The molecule has 6 heteroatoms. The van der Waals surface area contributed by atoms with Crippen molar-refractivity contribution >= 4 is 23.3 Å². The fourth-order valence-corrected chi connectivity index (χ4v) is 3.51. The Bertz CT molecular complexity index is 1020. The van der Waals surface area contributed by atoms with Crippen molar-refractivity contribution in [3.8, 4) is 0 Å². The lowest BCUT2D eigenvalue weighted by atomic mass is 9.84. The van der Waals surface area contributed by atoms with Crippen molar-refractivity contribution < 1.29 is 18.5 Å². The van der Waals surface area contributed by atoms with Crippen LogP contribution in [0.25, 0.3) is 0 Å². The van der Waals surface area contributed by atoms with Gasteiger partial charge in [-0.1, -0.05) is 23.7 Å². The average molecular weight is 417 g/mol. The molecule has 0 bridgehead atoms. The lowest BCUT2D eigenvalue weighted by Crippen LogP contribution is -2.47. The first-order valence-corrected chi connectivity index (χ1v) is 9.91. The van der Waals surface area contributed by atoms with Crippen molar-refractivity contribution in [2.24, 2.45) is 5.92 Å². The first-order chi connectivity index (χ1) is 17.2. The van der Waals surface area contributed by atoms with Crippen LogP contribution in [0.3, 0.4) is 0 Å². The summed E-state index contributed by atoms with van der Waals surface area (Å²) in [6.45, 7) is -14.2. The zero-order valence-corrected chi connectivity index (χ0v) is 17.3. The number of anilines is 1. The number of halogens is 1. The Balaban J connectivity index is 1.93. The van der Waals surface area contributed by atoms with Crippen LogP contribution in [0, 0.1) is 12.8 Å². The Labute approximate surface area is 189 Å². The number of rotatable bonds is 5. The van der Waals surface area contributed by atoms with Crippen LogP contribution in [-0.2, 0) is 0 Å². The second-order valence-electron chi connectivity index (χ2n) is 7.45. The molecule has 0 aromatic heterocycles. The number of aryl methyl sites for hydroxylation is 1. The molecule has 0 radical (unpaired) electrons. The van der Waals surface area contributed by atoms with E-state index in [1.807, 2.05) is 0 Å². The van der Waals surface area contributed by atoms with Crippen molar-refractivity contribution in [2.45, 2.75) is 45.1 Å². The fourth-order valence-electron chi connectivity index (χ4n) is 3.30. The molecule has 1 aromatic rings. The molecule has 0 unspecified atom stereocenters. The highest BCUT2D eigenvalue weighted by atomic mass is 35.5. The molecular formula is C22H35ClN4O. The maximum Gasteiger partial charge on any atom is 0.317 e. The van der Waals surface area contributed by atoms with Crippen LogP contribution >= 0.6 is 11.6 Å². The molecule has 1 aromatic carbocycles. The van der Waals surface area contributed by atoms with E-state index in [-0.39, 0.29) is 40.0 Å². The first-order valence-electron chi connectivity index (χ1n) is 14.5. The number of urea groups is 1. The monoisotopic (exact) mass is 416 g/mol. The number of hydrogen-bond acceptors (Lipinski definition) is 3. The van der Waals surface area contributed by atoms with Gasteiger partial charge in [0.1, 0.15) is 0 Å². The minimum Gasteiger partial charge on any atom is -0.368 e. The van der Waals surface area contributed by atoms with Gasteiger partial charge in [0, 0.05) is 54.3 Å². The van der Waals surface area contributed by atoms with Crippen LogP contribution in [-0.4, -0.2) is 68.5 Å². The number of piperazine rings is 1. The summed E-state index contributed by atoms with van der Waals surface area (Å²) in [5.74, 6) is -0.301. The van der Waals surface area contributed by atoms with Gasteiger partial charge in [0.05, 0.1) is 16.2 Å². The molecule has 0 atom stereocenters. The van der Waals surface area contributed by atoms with E-state index in [0.29, 0.717) is 36.1 Å². The highest BCUT2D eigenvalue weighted by Gasteiger charge is 2.24. The van der Waals surface area contributed by atoms with E-state index in [1.54, 1.807) is 27.1 Å². The second-order valence-corrected chi connectivity index (χ2v) is 7.83. The van der Waals surface area contributed by atoms with Crippen LogP contribution < -0.4 is 10.2 Å². The maximum absolute atomic E-state index is 11.9. The van der Waals surface area contributed by atoms with Crippen molar-refractivity contribution in [3.63, 3.8) is 0 Å². The van der Waals surface area contributed by atoms with Crippen LogP contribution in [0.4, 0.5) is 10.5 Å². The topological polar surface area (TPSA) is 38.8 Å². The third kappa shape index (κ3) is 5.54. The molecule has 2 fully saturated rings. The van der Waals surface area contributed by atoms with E-state index in [0.717, 1.165) is 0 Å². The molecule has 28 heavy (non-hydrogen) atoms. The van der Waals surface area contributed by atoms with Crippen LogP contribution in [0.2, 0.25) is 5.02 Å². The first kappa shape index (κ1) is 11.7. The maximum atomic E-state index is 11.9. The Morgan fingerprint density at radius 1 is 1.25 bits per heavy atom. The van der Waals surface area contributed by atoms with E-state index >= 15 is 0 Å². The molecule has 0 spiro atoms. The van der Waals surface area contributed by atoms with Crippen LogP contribution in [0.5, 0.6) is 0 Å². The smallest absolute Gasteiger partial charge is 0.317 e. The summed E-state index contributed by atoms with van der Waals surface area (Å²) in [6.07, 6.45) is 1.76. The SMILES string of the molecule is [2H]C([2H])(C[C@H]1CC[C@H](NC(=O)N(C)C)CC1)N1C([2H])([2H])C([2H])([2H])N(c2cccc(C)c2Cl)C([2H])([2H])C1([2H])[2H]. The summed E-state index contributed by atoms with van der Waals surface area (Å²) in [5.41, 5.74) is 0.236. The molecule has 5 nitrogen and oxygen atoms in total. The molecular weight excluding hydrogens is 372 g/mol. The number of hydrogen-bond donors (Lipinski definition) is 1. The number of benzene rings is 1. The predicted molar refractivity (Wildman–Crippen MR) is 117 cm³/mol. The molecule has 1 saturated heterocycles. The zero-order valence-electron chi connectivity index (χ0n) is 26.6. The van der Waals surface area contributed by atoms with Crippen LogP contribution in [0.15, 0.2) is 18.2 Å². The van der Waals surface area contributed by atoms with Gasteiger partial charge in [0.2, 0.25) is 0 Å². The minimum atomic E-state index is -3.31. The number of carbonyl (C=O) groups excluding carboxylic acids is 1. The predicted octanol–water partition coefficient (Wildman–Crippen LogP) is 3.99. The van der Waals surface area contributed by atoms with Crippen LogP contribution in [0.1, 0.15) is 51.4 Å². The highest BCUT2D eigenvalue weighted by Crippen LogP contribution is 2.30.